The molecule has 1 amide bonds. The van der Waals surface area contributed by atoms with Crippen molar-refractivity contribution in [2.45, 2.75) is 19.3 Å². The van der Waals surface area contributed by atoms with Crippen LogP contribution in [0.1, 0.15) is 35.2 Å². The van der Waals surface area contributed by atoms with Gasteiger partial charge >= 0.3 is 0 Å². The molecule has 1 unspecified atom stereocenters. The highest BCUT2D eigenvalue weighted by molar-refractivity contribution is 5.99. The van der Waals surface area contributed by atoms with Crippen LogP contribution in [-0.2, 0) is 0 Å². The molecular weight excluding hydrogens is 248 g/mol. The van der Waals surface area contributed by atoms with Gasteiger partial charge in [0, 0.05) is 12.2 Å². The van der Waals surface area contributed by atoms with Crippen LogP contribution in [0.15, 0.2) is 54.6 Å². The van der Waals surface area contributed by atoms with Gasteiger partial charge in [0.2, 0.25) is 0 Å². The summed E-state index contributed by atoms with van der Waals surface area (Å²) >= 11 is 0. The van der Waals surface area contributed by atoms with Crippen molar-refractivity contribution in [3.05, 3.63) is 65.7 Å². The molecule has 0 aromatic heterocycles. The van der Waals surface area contributed by atoms with Crippen LogP contribution in [0.2, 0.25) is 0 Å². The van der Waals surface area contributed by atoms with Crippen molar-refractivity contribution < 1.29 is 4.79 Å². The van der Waals surface area contributed by atoms with Crippen LogP contribution in [0.5, 0.6) is 0 Å². The summed E-state index contributed by atoms with van der Waals surface area (Å²) in [5, 5.41) is 2.92. The fourth-order valence-corrected chi connectivity index (χ4v) is 2.15. The summed E-state index contributed by atoms with van der Waals surface area (Å²) in [7, 11) is 0. The number of rotatable bonds is 5. The molecule has 0 aliphatic rings. The van der Waals surface area contributed by atoms with E-state index in [0.29, 0.717) is 23.7 Å². The molecule has 20 heavy (non-hydrogen) atoms. The smallest absolute Gasteiger partial charge is 0.253 e. The van der Waals surface area contributed by atoms with Crippen molar-refractivity contribution in [1.82, 2.24) is 5.32 Å². The van der Waals surface area contributed by atoms with E-state index in [2.05, 4.69) is 24.4 Å². The van der Waals surface area contributed by atoms with Crippen molar-refractivity contribution >= 4 is 11.6 Å². The molecule has 3 nitrogen and oxygen atoms in total. The van der Waals surface area contributed by atoms with Crippen molar-refractivity contribution in [3.63, 3.8) is 0 Å². The van der Waals surface area contributed by atoms with Gasteiger partial charge in [0.15, 0.2) is 0 Å². The Bertz CT molecular complexity index is 566. The molecule has 0 spiro atoms. The summed E-state index contributed by atoms with van der Waals surface area (Å²) in [4.78, 5) is 12.0. The van der Waals surface area contributed by atoms with E-state index in [1.54, 1.807) is 12.1 Å². The number of carbonyl (C=O) groups is 1. The third-order valence-corrected chi connectivity index (χ3v) is 3.44. The van der Waals surface area contributed by atoms with E-state index in [9.17, 15) is 4.79 Å². The minimum Gasteiger partial charge on any atom is -0.398 e. The largest absolute Gasteiger partial charge is 0.398 e. The molecule has 0 saturated carbocycles. The monoisotopic (exact) mass is 268 g/mol. The number of amides is 1. The molecule has 0 saturated heterocycles. The van der Waals surface area contributed by atoms with Crippen molar-refractivity contribution in [3.8, 4) is 0 Å². The first-order chi connectivity index (χ1) is 9.68. The van der Waals surface area contributed by atoms with E-state index in [0.717, 1.165) is 6.42 Å². The van der Waals surface area contributed by atoms with Gasteiger partial charge in [0.25, 0.3) is 5.91 Å². The zero-order valence-corrected chi connectivity index (χ0v) is 11.7. The maximum atomic E-state index is 12.0. The normalized spacial score (nSPS) is 11.8. The van der Waals surface area contributed by atoms with E-state index < -0.39 is 0 Å². The Morgan fingerprint density at radius 1 is 1.10 bits per heavy atom. The van der Waals surface area contributed by atoms with Crippen LogP contribution in [0.3, 0.4) is 0 Å². The lowest BCUT2D eigenvalue weighted by atomic mass is 9.98. The van der Waals surface area contributed by atoms with Crippen LogP contribution in [0.4, 0.5) is 5.69 Å². The summed E-state index contributed by atoms with van der Waals surface area (Å²) in [6.07, 6.45) is 0.905. The number of hydrogen-bond acceptors (Lipinski definition) is 2. The Labute approximate surface area is 119 Å². The van der Waals surface area contributed by atoms with Crippen molar-refractivity contribution in [2.75, 3.05) is 12.3 Å². The lowest BCUT2D eigenvalue weighted by Crippen LogP contribution is -2.26. The zero-order valence-electron chi connectivity index (χ0n) is 11.7. The summed E-state index contributed by atoms with van der Waals surface area (Å²) < 4.78 is 0. The molecule has 0 heterocycles. The van der Waals surface area contributed by atoms with Crippen LogP contribution in [0.25, 0.3) is 0 Å². The van der Waals surface area contributed by atoms with Gasteiger partial charge in [-0.05, 0) is 30.0 Å². The predicted molar refractivity (Wildman–Crippen MR) is 82.7 cm³/mol. The Morgan fingerprint density at radius 2 is 1.75 bits per heavy atom. The molecule has 3 N–H and O–H groups in total. The fraction of sp³-hybridized carbons (Fsp3) is 0.235. The first-order valence-electron chi connectivity index (χ1n) is 6.86. The molecular formula is C17H20N2O. The SMILES string of the molecule is CC(CCNC(=O)c1ccccc1N)c1ccccc1. The van der Waals surface area contributed by atoms with Crippen LogP contribution >= 0.6 is 0 Å². The Hall–Kier alpha value is -2.29. The van der Waals surface area contributed by atoms with Gasteiger partial charge in [-0.15, -0.1) is 0 Å². The Kier molecular flexibility index (Phi) is 4.77. The van der Waals surface area contributed by atoms with E-state index in [1.807, 2.05) is 30.3 Å². The molecule has 0 aliphatic carbocycles. The Balaban J connectivity index is 1.84. The van der Waals surface area contributed by atoms with Crippen LogP contribution in [-0.4, -0.2) is 12.5 Å². The van der Waals surface area contributed by atoms with Crippen LogP contribution in [0, 0.1) is 0 Å². The zero-order chi connectivity index (χ0) is 14.4. The fourth-order valence-electron chi connectivity index (χ4n) is 2.15. The van der Waals surface area contributed by atoms with Gasteiger partial charge in [-0.25, -0.2) is 0 Å². The number of carbonyl (C=O) groups excluding carboxylic acids is 1. The van der Waals surface area contributed by atoms with Gasteiger partial charge in [0.05, 0.1) is 5.56 Å². The summed E-state index contributed by atoms with van der Waals surface area (Å²) in [5.74, 6) is 0.313. The number of nitrogens with two attached hydrogens (primary N) is 1. The number of para-hydroxylation sites is 1. The second-order valence-corrected chi connectivity index (χ2v) is 4.94. The molecule has 0 radical (unpaired) electrons. The van der Waals surface area contributed by atoms with E-state index in [-0.39, 0.29) is 5.91 Å². The third kappa shape index (κ3) is 3.60. The highest BCUT2D eigenvalue weighted by Gasteiger charge is 2.09. The molecule has 3 heteroatoms. The molecule has 104 valence electrons. The highest BCUT2D eigenvalue weighted by Crippen LogP contribution is 2.17. The predicted octanol–water partition coefficient (Wildman–Crippen LogP) is 3.19. The number of benzene rings is 2. The molecule has 2 aromatic carbocycles. The molecule has 2 rings (SSSR count). The van der Waals surface area contributed by atoms with Crippen molar-refractivity contribution in [2.24, 2.45) is 0 Å². The number of hydrogen-bond donors (Lipinski definition) is 2. The van der Waals surface area contributed by atoms with Gasteiger partial charge < -0.3 is 11.1 Å². The van der Waals surface area contributed by atoms with Crippen molar-refractivity contribution in [1.29, 1.82) is 0 Å². The second kappa shape index (κ2) is 6.75. The first-order valence-corrected chi connectivity index (χ1v) is 6.86. The van der Waals surface area contributed by atoms with E-state index in [4.69, 9.17) is 5.73 Å². The van der Waals surface area contributed by atoms with Gasteiger partial charge in [0.1, 0.15) is 0 Å². The van der Waals surface area contributed by atoms with Gasteiger partial charge in [-0.2, -0.15) is 0 Å². The molecule has 0 aliphatic heterocycles. The van der Waals surface area contributed by atoms with E-state index in [1.165, 1.54) is 5.56 Å². The summed E-state index contributed by atoms with van der Waals surface area (Å²) in [5.41, 5.74) is 8.13. The lowest BCUT2D eigenvalue weighted by Gasteiger charge is -2.13. The van der Waals surface area contributed by atoms with Gasteiger partial charge in [-0.1, -0.05) is 49.4 Å². The lowest BCUT2D eigenvalue weighted by molar-refractivity contribution is 0.0953. The topological polar surface area (TPSA) is 55.1 Å². The minimum absolute atomic E-state index is 0.108. The van der Waals surface area contributed by atoms with E-state index >= 15 is 0 Å². The Morgan fingerprint density at radius 3 is 2.45 bits per heavy atom. The minimum atomic E-state index is -0.108. The third-order valence-electron chi connectivity index (χ3n) is 3.44. The number of anilines is 1. The molecule has 0 bridgehead atoms. The number of nitrogen functional groups attached to an aromatic ring is 1. The highest BCUT2D eigenvalue weighted by atomic mass is 16.1. The molecule has 2 aromatic rings. The molecule has 1 atom stereocenters. The van der Waals surface area contributed by atoms with Crippen LogP contribution < -0.4 is 11.1 Å². The number of nitrogens with one attached hydrogen (secondary N) is 1. The second-order valence-electron chi connectivity index (χ2n) is 4.94. The summed E-state index contributed by atoms with van der Waals surface area (Å²) in [6.45, 7) is 2.81. The average molecular weight is 268 g/mol. The summed E-state index contributed by atoms with van der Waals surface area (Å²) in [6, 6.07) is 17.4. The standard InChI is InChI=1S/C17H20N2O/c1-13(14-7-3-2-4-8-14)11-12-19-17(20)15-9-5-6-10-16(15)18/h2-10,13H,11-12,18H2,1H3,(H,19,20). The van der Waals surface area contributed by atoms with Gasteiger partial charge in [-0.3, -0.25) is 4.79 Å². The molecule has 0 fully saturated rings. The maximum absolute atomic E-state index is 12.0. The maximum Gasteiger partial charge on any atom is 0.253 e. The first kappa shape index (κ1) is 14.1. The average Bonchev–Trinajstić information content (AvgIpc) is 2.48. The quantitative estimate of drug-likeness (QED) is 0.818.